The molecule has 9 heteroatoms. The Morgan fingerprint density at radius 1 is 0.879 bits per heavy atom. The molecule has 0 unspecified atom stereocenters. The summed E-state index contributed by atoms with van der Waals surface area (Å²) < 4.78 is 10.6. The number of ether oxygens (including phenoxy) is 2. The predicted octanol–water partition coefficient (Wildman–Crippen LogP) is 6.07. The Morgan fingerprint density at radius 2 is 1.48 bits per heavy atom. The van der Waals surface area contributed by atoms with Gasteiger partial charge in [-0.25, -0.2) is 9.59 Å². The molecule has 0 spiro atoms. The van der Waals surface area contributed by atoms with Gasteiger partial charge in [0.05, 0.1) is 4.92 Å². The number of anilines is 2. The van der Waals surface area contributed by atoms with E-state index in [-0.39, 0.29) is 5.69 Å². The van der Waals surface area contributed by atoms with Crippen molar-refractivity contribution < 1.29 is 24.0 Å². The van der Waals surface area contributed by atoms with E-state index in [1.165, 1.54) is 18.2 Å². The highest BCUT2D eigenvalue weighted by Gasteiger charge is 2.19. The van der Waals surface area contributed by atoms with Crippen molar-refractivity contribution in [2.45, 2.75) is 65.6 Å². The molecule has 0 aliphatic rings. The fourth-order valence-corrected chi connectivity index (χ4v) is 2.94. The fourth-order valence-electron chi connectivity index (χ4n) is 2.94. The number of rotatable bonds is 6. The van der Waals surface area contributed by atoms with Crippen molar-refractivity contribution in [1.82, 2.24) is 0 Å². The molecule has 0 aliphatic carbocycles. The van der Waals surface area contributed by atoms with Crippen LogP contribution in [0.4, 0.5) is 26.7 Å². The van der Waals surface area contributed by atoms with Gasteiger partial charge >= 0.3 is 12.2 Å². The van der Waals surface area contributed by atoms with Crippen molar-refractivity contribution in [2.75, 3.05) is 10.6 Å². The van der Waals surface area contributed by atoms with E-state index in [0.29, 0.717) is 29.8 Å². The van der Waals surface area contributed by atoms with Crippen LogP contribution in [-0.4, -0.2) is 28.3 Å². The molecule has 9 nitrogen and oxygen atoms in total. The minimum atomic E-state index is -0.674. The molecule has 2 aromatic rings. The first kappa shape index (κ1) is 25.6. The maximum Gasteiger partial charge on any atom is 0.412 e. The summed E-state index contributed by atoms with van der Waals surface area (Å²) in [5.41, 5.74) is 1.16. The quantitative estimate of drug-likeness (QED) is 0.401. The van der Waals surface area contributed by atoms with Crippen LogP contribution in [0.5, 0.6) is 0 Å². The maximum absolute atomic E-state index is 12.2. The van der Waals surface area contributed by atoms with Gasteiger partial charge in [-0.05, 0) is 83.7 Å². The molecular formula is C24H31N3O6. The molecule has 0 radical (unpaired) electrons. The Bertz CT molecular complexity index is 1020. The minimum Gasteiger partial charge on any atom is -0.444 e. The van der Waals surface area contributed by atoms with Crippen molar-refractivity contribution in [1.29, 1.82) is 0 Å². The molecule has 2 N–H and O–H groups in total. The van der Waals surface area contributed by atoms with Crippen molar-refractivity contribution in [3.8, 4) is 0 Å². The van der Waals surface area contributed by atoms with Crippen LogP contribution in [-0.2, 0) is 22.3 Å². The number of amides is 2. The lowest BCUT2D eigenvalue weighted by Gasteiger charge is -2.20. The smallest absolute Gasteiger partial charge is 0.412 e. The van der Waals surface area contributed by atoms with Crippen LogP contribution >= 0.6 is 0 Å². The summed E-state index contributed by atoms with van der Waals surface area (Å²) in [5.74, 6) is 0. The highest BCUT2D eigenvalue weighted by Crippen LogP contribution is 2.25. The first-order chi connectivity index (χ1) is 15.2. The number of benzene rings is 2. The standard InChI is InChI=1S/C24H31N3O6/c1-23(2,3)32-21(28)25-18-9-7-8-16(14-18)10-11-17-15-19(27(30)31)12-13-20(17)26-22(29)33-24(4,5)6/h7-9,12-15H,10-11H2,1-6H3,(H,25,28)(H,26,29). The molecule has 0 atom stereocenters. The first-order valence-corrected chi connectivity index (χ1v) is 10.6. The molecule has 178 valence electrons. The van der Waals surface area contributed by atoms with E-state index in [1.807, 2.05) is 12.1 Å². The van der Waals surface area contributed by atoms with Gasteiger partial charge in [0.25, 0.3) is 5.69 Å². The first-order valence-electron chi connectivity index (χ1n) is 10.6. The van der Waals surface area contributed by atoms with Crippen LogP contribution in [0, 0.1) is 10.1 Å². The van der Waals surface area contributed by atoms with E-state index in [2.05, 4.69) is 10.6 Å². The topological polar surface area (TPSA) is 120 Å². The second-order valence-electron chi connectivity index (χ2n) is 9.55. The van der Waals surface area contributed by atoms with Crippen LogP contribution in [0.25, 0.3) is 0 Å². The normalized spacial score (nSPS) is 11.5. The number of non-ortho nitro benzene ring substituents is 1. The molecule has 0 aromatic heterocycles. The van der Waals surface area contributed by atoms with Gasteiger partial charge in [0.2, 0.25) is 0 Å². The number of nitro benzene ring substituents is 1. The number of nitrogens with one attached hydrogen (secondary N) is 2. The van der Waals surface area contributed by atoms with Gasteiger partial charge in [0.1, 0.15) is 11.2 Å². The van der Waals surface area contributed by atoms with Gasteiger partial charge in [-0.2, -0.15) is 0 Å². The average Bonchev–Trinajstić information content (AvgIpc) is 2.64. The van der Waals surface area contributed by atoms with Gasteiger partial charge in [0.15, 0.2) is 0 Å². The van der Waals surface area contributed by atoms with E-state index < -0.39 is 28.3 Å². The van der Waals surface area contributed by atoms with Crippen LogP contribution < -0.4 is 10.6 Å². The molecule has 2 amide bonds. The zero-order valence-electron chi connectivity index (χ0n) is 19.9. The molecular weight excluding hydrogens is 426 g/mol. The average molecular weight is 458 g/mol. The molecule has 0 bridgehead atoms. The van der Waals surface area contributed by atoms with Crippen molar-refractivity contribution in [2.24, 2.45) is 0 Å². The summed E-state index contributed by atoms with van der Waals surface area (Å²) in [6, 6.07) is 11.5. The maximum atomic E-state index is 12.2. The van der Waals surface area contributed by atoms with E-state index in [1.54, 1.807) is 53.7 Å². The molecule has 2 rings (SSSR count). The third-order valence-electron chi connectivity index (χ3n) is 4.19. The van der Waals surface area contributed by atoms with Crippen LogP contribution in [0.1, 0.15) is 52.7 Å². The molecule has 2 aromatic carbocycles. The number of nitro groups is 1. The Kier molecular flexibility index (Phi) is 8.03. The zero-order valence-corrected chi connectivity index (χ0v) is 19.9. The summed E-state index contributed by atoms with van der Waals surface area (Å²) in [7, 11) is 0. The number of hydrogen-bond donors (Lipinski definition) is 2. The summed E-state index contributed by atoms with van der Waals surface area (Å²) >= 11 is 0. The molecule has 0 fully saturated rings. The molecule has 0 saturated heterocycles. The third kappa shape index (κ3) is 9.18. The lowest BCUT2D eigenvalue weighted by Crippen LogP contribution is -2.27. The molecule has 33 heavy (non-hydrogen) atoms. The number of hydrogen-bond acceptors (Lipinski definition) is 6. The van der Waals surface area contributed by atoms with Gasteiger partial charge < -0.3 is 9.47 Å². The van der Waals surface area contributed by atoms with E-state index in [9.17, 15) is 19.7 Å². The Balaban J connectivity index is 2.16. The van der Waals surface area contributed by atoms with Crippen molar-refractivity contribution in [3.63, 3.8) is 0 Å². The van der Waals surface area contributed by atoms with Crippen LogP contribution in [0.2, 0.25) is 0 Å². The van der Waals surface area contributed by atoms with Gasteiger partial charge in [-0.3, -0.25) is 20.7 Å². The van der Waals surface area contributed by atoms with Crippen molar-refractivity contribution in [3.05, 3.63) is 63.7 Å². The van der Waals surface area contributed by atoms with Crippen LogP contribution in [0.15, 0.2) is 42.5 Å². The van der Waals surface area contributed by atoms with Gasteiger partial charge in [-0.1, -0.05) is 12.1 Å². The van der Waals surface area contributed by atoms with Gasteiger partial charge in [-0.15, -0.1) is 0 Å². The highest BCUT2D eigenvalue weighted by atomic mass is 16.6. The monoisotopic (exact) mass is 457 g/mol. The van der Waals surface area contributed by atoms with E-state index in [4.69, 9.17) is 9.47 Å². The summed E-state index contributed by atoms with van der Waals surface area (Å²) in [6.45, 7) is 10.6. The number of carbonyl (C=O) groups is 2. The highest BCUT2D eigenvalue weighted by molar-refractivity contribution is 5.86. The molecule has 0 saturated carbocycles. The summed E-state index contributed by atoms with van der Waals surface area (Å²) in [4.78, 5) is 35.0. The summed E-state index contributed by atoms with van der Waals surface area (Å²) in [5, 5.41) is 16.6. The van der Waals surface area contributed by atoms with E-state index in [0.717, 1.165) is 5.56 Å². The minimum absolute atomic E-state index is 0.0694. The van der Waals surface area contributed by atoms with Crippen LogP contribution in [0.3, 0.4) is 0 Å². The SMILES string of the molecule is CC(C)(C)OC(=O)Nc1cccc(CCc2cc([N+](=O)[O-])ccc2NC(=O)OC(C)(C)C)c1. The number of carbonyl (C=O) groups excluding carboxylic acids is 2. The Morgan fingerprint density at radius 3 is 2.06 bits per heavy atom. The predicted molar refractivity (Wildman–Crippen MR) is 127 cm³/mol. The van der Waals surface area contributed by atoms with Gasteiger partial charge in [0, 0.05) is 23.5 Å². The fraction of sp³-hybridized carbons (Fsp3) is 0.417. The zero-order chi connectivity index (χ0) is 24.8. The second kappa shape index (κ2) is 10.3. The lowest BCUT2D eigenvalue weighted by atomic mass is 10.0. The Labute approximate surface area is 193 Å². The molecule has 0 aliphatic heterocycles. The number of aryl methyl sites for hydroxylation is 2. The Hall–Kier alpha value is -3.62. The number of nitrogens with zero attached hydrogens (tertiary/aromatic N) is 1. The largest absolute Gasteiger partial charge is 0.444 e. The van der Waals surface area contributed by atoms with E-state index >= 15 is 0 Å². The molecule has 0 heterocycles. The van der Waals surface area contributed by atoms with Crippen molar-refractivity contribution >= 4 is 29.2 Å². The lowest BCUT2D eigenvalue weighted by molar-refractivity contribution is -0.384. The summed E-state index contributed by atoms with van der Waals surface area (Å²) in [6.07, 6.45) is -0.250. The second-order valence-corrected chi connectivity index (χ2v) is 9.55. The third-order valence-corrected chi connectivity index (χ3v) is 4.19.